The van der Waals surface area contributed by atoms with Gasteiger partial charge in [0, 0.05) is 42.2 Å². The number of nitrogens with two attached hydrogens (primary N) is 2. The van der Waals surface area contributed by atoms with E-state index in [1.54, 1.807) is 31.3 Å². The lowest BCUT2D eigenvalue weighted by molar-refractivity contribution is -0.116. The van der Waals surface area contributed by atoms with Crippen molar-refractivity contribution >= 4 is 23.5 Å². The molecule has 1 fully saturated rings. The van der Waals surface area contributed by atoms with Crippen LogP contribution in [0.3, 0.4) is 0 Å². The van der Waals surface area contributed by atoms with E-state index in [0.717, 1.165) is 29.7 Å². The first kappa shape index (κ1) is 27.2. The first-order valence-corrected chi connectivity index (χ1v) is 11.2. The van der Waals surface area contributed by atoms with Crippen LogP contribution in [-0.2, 0) is 9.53 Å². The Balaban J connectivity index is 0.000000272. The second-order valence-electron chi connectivity index (χ2n) is 7.65. The topological polar surface area (TPSA) is 126 Å². The molecule has 2 heterocycles. The van der Waals surface area contributed by atoms with Gasteiger partial charge in [-0.1, -0.05) is 49.0 Å². The van der Waals surface area contributed by atoms with Crippen LogP contribution in [0, 0.1) is 0 Å². The molecule has 0 radical (unpaired) electrons. The Labute approximate surface area is 205 Å². The maximum Gasteiger partial charge on any atom is 0.243 e. The number of hydrogen-bond acceptors (Lipinski definition) is 5. The lowest BCUT2D eigenvalue weighted by atomic mass is 10.0. The summed E-state index contributed by atoms with van der Waals surface area (Å²) in [4.78, 5) is 13.0. The Morgan fingerprint density at radius 3 is 2.43 bits per heavy atom. The highest BCUT2D eigenvalue weighted by molar-refractivity contribution is 5.91. The van der Waals surface area contributed by atoms with Gasteiger partial charge in [-0.3, -0.25) is 4.79 Å². The first-order valence-electron chi connectivity index (χ1n) is 11.2. The van der Waals surface area contributed by atoms with Gasteiger partial charge in [-0.2, -0.15) is 0 Å². The number of halogens is 1. The molecule has 3 aromatic rings. The minimum Gasteiger partial charge on any atom is -0.507 e. The Morgan fingerprint density at radius 1 is 1.23 bits per heavy atom. The molecule has 35 heavy (non-hydrogen) atoms. The van der Waals surface area contributed by atoms with E-state index in [-0.39, 0.29) is 11.7 Å². The maximum atomic E-state index is 12.1. The normalized spacial score (nSPS) is 15.0. The summed E-state index contributed by atoms with van der Waals surface area (Å²) in [7, 11) is 1.56. The Kier molecular flexibility index (Phi) is 11.1. The number of benzene rings is 2. The fourth-order valence-corrected chi connectivity index (χ4v) is 3.22. The summed E-state index contributed by atoms with van der Waals surface area (Å²) in [5.74, 6) is 0.541. The number of carbonyl (C=O) groups is 1. The van der Waals surface area contributed by atoms with E-state index in [4.69, 9.17) is 16.2 Å². The summed E-state index contributed by atoms with van der Waals surface area (Å²) >= 11 is 0. The average Bonchev–Trinajstić information content (AvgIpc) is 3.25. The molecule has 186 valence electrons. The van der Waals surface area contributed by atoms with Crippen LogP contribution < -0.4 is 16.8 Å². The number of phenols is 1. The number of rotatable bonds is 4. The fraction of sp³-hybridized carbons (Fsp3) is 0.222. The van der Waals surface area contributed by atoms with Crippen molar-refractivity contribution in [3.63, 3.8) is 0 Å². The molecule has 1 unspecified atom stereocenters. The molecule has 1 aliphatic rings. The van der Waals surface area contributed by atoms with Gasteiger partial charge >= 0.3 is 0 Å². The maximum absolute atomic E-state index is 12.1. The zero-order valence-corrected chi connectivity index (χ0v) is 19.8. The summed E-state index contributed by atoms with van der Waals surface area (Å²) < 4.78 is 16.9. The highest BCUT2D eigenvalue weighted by Gasteiger charge is 2.11. The van der Waals surface area contributed by atoms with Crippen LogP contribution in [0.2, 0.25) is 0 Å². The molecule has 1 saturated heterocycles. The van der Waals surface area contributed by atoms with Gasteiger partial charge in [-0.05, 0) is 42.7 Å². The Hall–Kier alpha value is -4.04. The largest absolute Gasteiger partial charge is 0.507 e. The second-order valence-corrected chi connectivity index (χ2v) is 7.65. The molecule has 2 aromatic carbocycles. The van der Waals surface area contributed by atoms with Crippen molar-refractivity contribution in [1.82, 2.24) is 10.3 Å². The quantitative estimate of drug-likeness (QED) is 0.352. The minimum atomic E-state index is -0.686. The van der Waals surface area contributed by atoms with Gasteiger partial charge in [0.05, 0.1) is 6.61 Å². The fourth-order valence-electron chi connectivity index (χ4n) is 3.22. The lowest BCUT2D eigenvalue weighted by Gasteiger charge is -2.13. The van der Waals surface area contributed by atoms with Crippen LogP contribution in [0.4, 0.5) is 10.2 Å². The van der Waals surface area contributed by atoms with Crippen molar-refractivity contribution < 1.29 is 19.0 Å². The number of anilines is 1. The molecule has 0 aliphatic carbocycles. The van der Waals surface area contributed by atoms with Crippen molar-refractivity contribution in [1.29, 1.82) is 0 Å². The molecule has 1 amide bonds. The Morgan fingerprint density at radius 2 is 1.91 bits per heavy atom. The average molecular weight is 481 g/mol. The number of nitrogen functional groups attached to an aromatic ring is 1. The van der Waals surface area contributed by atoms with Crippen molar-refractivity contribution in [2.75, 3.05) is 26.0 Å². The third kappa shape index (κ3) is 8.68. The van der Waals surface area contributed by atoms with Crippen LogP contribution in [0.15, 0.2) is 73.4 Å². The third-order valence-corrected chi connectivity index (χ3v) is 5.09. The molecule has 8 heteroatoms. The van der Waals surface area contributed by atoms with Crippen LogP contribution in [0.25, 0.3) is 22.9 Å². The van der Waals surface area contributed by atoms with Crippen LogP contribution in [0.1, 0.15) is 24.0 Å². The molecule has 1 aliphatic heterocycles. The molecule has 0 saturated carbocycles. The molecule has 1 atom stereocenters. The van der Waals surface area contributed by atoms with Gasteiger partial charge in [0.25, 0.3) is 0 Å². The number of aromatic amines is 1. The molecule has 7 N–H and O–H groups in total. The summed E-state index contributed by atoms with van der Waals surface area (Å²) in [5, 5.41) is 12.3. The van der Waals surface area contributed by atoms with E-state index in [9.17, 15) is 14.3 Å². The van der Waals surface area contributed by atoms with E-state index >= 15 is 0 Å². The van der Waals surface area contributed by atoms with Crippen molar-refractivity contribution in [2.45, 2.75) is 19.0 Å². The number of para-hydroxylation sites is 1. The summed E-state index contributed by atoms with van der Waals surface area (Å²) in [6.07, 6.45) is 5.76. The predicted octanol–water partition coefficient (Wildman–Crippen LogP) is 4.48. The SMILES string of the molecule is C=CC(=O)NC.FC1CCCOC1.N/C(=C\c1c(-c2ccccc2)c[nH]c1N)c1ccccc1O. The zero-order valence-electron chi connectivity index (χ0n) is 19.8. The van der Waals surface area contributed by atoms with Gasteiger partial charge in [0.1, 0.15) is 17.7 Å². The number of hydrogen-bond donors (Lipinski definition) is 5. The summed E-state index contributed by atoms with van der Waals surface area (Å²) in [6.45, 7) is 4.29. The molecule has 7 nitrogen and oxygen atoms in total. The van der Waals surface area contributed by atoms with Crippen molar-refractivity contribution in [3.05, 3.63) is 84.6 Å². The summed E-state index contributed by atoms with van der Waals surface area (Å²) in [6, 6.07) is 16.9. The summed E-state index contributed by atoms with van der Waals surface area (Å²) in [5.41, 5.74) is 16.0. The first-order chi connectivity index (χ1) is 16.9. The molecule has 4 rings (SSSR count). The number of likely N-dealkylation sites (N-methyl/N-ethyl adjacent to an activating group) is 1. The van der Waals surface area contributed by atoms with Gasteiger partial charge < -0.3 is 31.6 Å². The van der Waals surface area contributed by atoms with Crippen LogP contribution in [0.5, 0.6) is 5.75 Å². The molecule has 0 spiro atoms. The number of ether oxygens (including phenoxy) is 1. The number of carbonyl (C=O) groups excluding carboxylic acids is 1. The van der Waals surface area contributed by atoms with Crippen molar-refractivity contribution in [3.8, 4) is 16.9 Å². The van der Waals surface area contributed by atoms with Gasteiger partial charge in [0.2, 0.25) is 5.91 Å². The van der Waals surface area contributed by atoms with Crippen LogP contribution >= 0.6 is 0 Å². The van der Waals surface area contributed by atoms with Gasteiger partial charge in [-0.25, -0.2) is 4.39 Å². The number of alkyl halides is 1. The van der Waals surface area contributed by atoms with Crippen molar-refractivity contribution in [2.24, 2.45) is 5.73 Å². The highest BCUT2D eigenvalue weighted by atomic mass is 19.1. The molecular formula is C27H33FN4O3. The number of nitrogens with one attached hydrogen (secondary N) is 2. The minimum absolute atomic E-state index is 0.144. The van der Waals surface area contributed by atoms with E-state index in [0.29, 0.717) is 30.1 Å². The van der Waals surface area contributed by atoms with E-state index < -0.39 is 6.17 Å². The lowest BCUT2D eigenvalue weighted by Crippen LogP contribution is -2.17. The number of H-pyrrole nitrogens is 1. The standard InChI is InChI=1S/C18H17N3O.C5H9FO.C4H7NO/c19-16(13-8-4-5-9-17(13)22)10-14-15(11-21-18(14)20)12-6-2-1-3-7-12;6-5-2-1-3-7-4-5;1-3-4(6)5-2/h1-11,21-22H,19-20H2;5H,1-4H2;3H,1H2,2H3,(H,5,6)/b16-10-;;. The number of aromatic hydroxyl groups is 1. The Bertz CT molecular complexity index is 1110. The van der Waals surface area contributed by atoms with Gasteiger partial charge in [0.15, 0.2) is 0 Å². The van der Waals surface area contributed by atoms with E-state index in [2.05, 4.69) is 16.9 Å². The second kappa shape index (κ2) is 14.3. The smallest absolute Gasteiger partial charge is 0.243 e. The van der Waals surface area contributed by atoms with E-state index in [1.807, 2.05) is 42.6 Å². The zero-order chi connectivity index (χ0) is 25.6. The monoisotopic (exact) mass is 480 g/mol. The number of aromatic nitrogens is 1. The number of phenolic OH excluding ortho intramolecular Hbond substituents is 1. The third-order valence-electron chi connectivity index (χ3n) is 5.09. The molecule has 0 bridgehead atoms. The van der Waals surface area contributed by atoms with Crippen LogP contribution in [-0.4, -0.2) is 42.4 Å². The van der Waals surface area contributed by atoms with E-state index in [1.165, 1.54) is 6.08 Å². The highest BCUT2D eigenvalue weighted by Crippen LogP contribution is 2.31. The van der Waals surface area contributed by atoms with Gasteiger partial charge in [-0.15, -0.1) is 0 Å². The molecule has 1 aromatic heterocycles. The number of amides is 1. The molecular weight excluding hydrogens is 447 g/mol. The predicted molar refractivity (Wildman–Crippen MR) is 140 cm³/mol.